The molecule has 1 aromatic heterocycles. The number of nitrogens with one attached hydrogen (secondary N) is 1. The maximum Gasteiger partial charge on any atom is 0.223 e. The highest BCUT2D eigenvalue weighted by Gasteiger charge is 2.21. The zero-order valence-electron chi connectivity index (χ0n) is 14.2. The van der Waals surface area contributed by atoms with Gasteiger partial charge in [0.25, 0.3) is 0 Å². The first-order valence-corrected chi connectivity index (χ1v) is 8.62. The molecule has 2 heterocycles. The van der Waals surface area contributed by atoms with E-state index in [9.17, 15) is 9.18 Å². The number of nitrogens with zero attached hydrogens (tertiary/aromatic N) is 3. The second-order valence-corrected chi connectivity index (χ2v) is 6.07. The van der Waals surface area contributed by atoms with Gasteiger partial charge in [-0.1, -0.05) is 24.3 Å². The minimum Gasteiger partial charge on any atom is -0.353 e. The molecule has 1 aromatic carbocycles. The van der Waals surface area contributed by atoms with E-state index in [1.807, 2.05) is 29.2 Å². The number of hydrogen-bond acceptors (Lipinski definition) is 4. The molecule has 0 saturated carbocycles. The molecule has 0 radical (unpaired) electrons. The summed E-state index contributed by atoms with van der Waals surface area (Å²) in [5, 5.41) is 3.14. The molecule has 1 amide bonds. The SMILES string of the molecule is O=C(CCNCc1ccccc1F)N1CCN(c2ccccn2)CC1. The van der Waals surface area contributed by atoms with Crippen LogP contribution in [0.4, 0.5) is 10.2 Å². The third-order valence-electron chi connectivity index (χ3n) is 4.39. The van der Waals surface area contributed by atoms with Crippen LogP contribution in [0.15, 0.2) is 48.7 Å². The van der Waals surface area contributed by atoms with Crippen molar-refractivity contribution in [1.29, 1.82) is 0 Å². The van der Waals surface area contributed by atoms with Crippen LogP contribution in [0.25, 0.3) is 0 Å². The van der Waals surface area contributed by atoms with Crippen LogP contribution in [0.1, 0.15) is 12.0 Å². The second-order valence-electron chi connectivity index (χ2n) is 6.07. The molecule has 3 rings (SSSR count). The Hall–Kier alpha value is -2.47. The van der Waals surface area contributed by atoms with Gasteiger partial charge in [-0.15, -0.1) is 0 Å². The largest absolute Gasteiger partial charge is 0.353 e. The predicted octanol–water partition coefficient (Wildman–Crippen LogP) is 2.05. The lowest BCUT2D eigenvalue weighted by molar-refractivity contribution is -0.131. The molecule has 1 aliphatic rings. The van der Waals surface area contributed by atoms with Gasteiger partial charge in [-0.2, -0.15) is 0 Å². The lowest BCUT2D eigenvalue weighted by atomic mass is 10.2. The highest BCUT2D eigenvalue weighted by atomic mass is 19.1. The average molecular weight is 342 g/mol. The molecule has 25 heavy (non-hydrogen) atoms. The number of piperazine rings is 1. The summed E-state index contributed by atoms with van der Waals surface area (Å²) >= 11 is 0. The van der Waals surface area contributed by atoms with Crippen LogP contribution < -0.4 is 10.2 Å². The van der Waals surface area contributed by atoms with E-state index in [-0.39, 0.29) is 11.7 Å². The number of aromatic nitrogens is 1. The number of rotatable bonds is 6. The minimum atomic E-state index is -0.216. The van der Waals surface area contributed by atoms with Crippen molar-refractivity contribution in [3.63, 3.8) is 0 Å². The second kappa shape index (κ2) is 8.58. The number of anilines is 1. The normalized spacial score (nSPS) is 14.6. The molecule has 1 saturated heterocycles. The Bertz CT molecular complexity index is 687. The number of hydrogen-bond donors (Lipinski definition) is 1. The molecule has 5 nitrogen and oxygen atoms in total. The minimum absolute atomic E-state index is 0.140. The smallest absolute Gasteiger partial charge is 0.223 e. The monoisotopic (exact) mass is 342 g/mol. The Balaban J connectivity index is 1.37. The molecule has 132 valence electrons. The fraction of sp³-hybridized carbons (Fsp3) is 0.368. The first-order valence-electron chi connectivity index (χ1n) is 8.62. The standard InChI is InChI=1S/C19H23FN4O/c20-17-6-2-1-5-16(17)15-21-10-8-19(25)24-13-11-23(12-14-24)18-7-3-4-9-22-18/h1-7,9,21H,8,10-15H2. The van der Waals surface area contributed by atoms with Crippen LogP contribution in [-0.2, 0) is 11.3 Å². The summed E-state index contributed by atoms with van der Waals surface area (Å²) in [5.74, 6) is 0.884. The fourth-order valence-corrected chi connectivity index (χ4v) is 2.94. The molecule has 1 fully saturated rings. The molecule has 0 aliphatic carbocycles. The average Bonchev–Trinajstić information content (AvgIpc) is 2.67. The van der Waals surface area contributed by atoms with Crippen molar-refractivity contribution in [1.82, 2.24) is 15.2 Å². The first kappa shape index (κ1) is 17.4. The van der Waals surface area contributed by atoms with Gasteiger partial charge in [-0.3, -0.25) is 4.79 Å². The Morgan fingerprint density at radius 3 is 2.56 bits per heavy atom. The van der Waals surface area contributed by atoms with Crippen molar-refractivity contribution in [2.75, 3.05) is 37.6 Å². The third kappa shape index (κ3) is 4.76. The lowest BCUT2D eigenvalue weighted by Crippen LogP contribution is -2.49. The highest BCUT2D eigenvalue weighted by Crippen LogP contribution is 2.13. The maximum atomic E-state index is 13.5. The molecular formula is C19H23FN4O. The van der Waals surface area contributed by atoms with Crippen LogP contribution in [-0.4, -0.2) is 48.5 Å². The van der Waals surface area contributed by atoms with Gasteiger partial charge < -0.3 is 15.1 Å². The number of benzene rings is 1. The molecule has 0 unspecified atom stereocenters. The number of carbonyl (C=O) groups excluding carboxylic acids is 1. The third-order valence-corrected chi connectivity index (χ3v) is 4.39. The zero-order chi connectivity index (χ0) is 17.5. The van der Waals surface area contributed by atoms with Crippen molar-refractivity contribution in [2.45, 2.75) is 13.0 Å². The van der Waals surface area contributed by atoms with Crippen molar-refractivity contribution in [3.05, 3.63) is 60.0 Å². The molecule has 0 bridgehead atoms. The van der Waals surface area contributed by atoms with Crippen molar-refractivity contribution in [2.24, 2.45) is 0 Å². The van der Waals surface area contributed by atoms with Crippen LogP contribution in [0.2, 0.25) is 0 Å². The molecule has 2 aromatic rings. The van der Waals surface area contributed by atoms with Crippen LogP contribution in [0, 0.1) is 5.82 Å². The van der Waals surface area contributed by atoms with Gasteiger partial charge in [-0.25, -0.2) is 9.37 Å². The summed E-state index contributed by atoms with van der Waals surface area (Å²) in [6.07, 6.45) is 2.21. The zero-order valence-corrected chi connectivity index (χ0v) is 14.2. The van der Waals surface area contributed by atoms with Gasteiger partial charge in [0, 0.05) is 57.4 Å². The summed E-state index contributed by atoms with van der Waals surface area (Å²) < 4.78 is 13.5. The maximum absolute atomic E-state index is 13.5. The van der Waals surface area contributed by atoms with Crippen LogP contribution in [0.5, 0.6) is 0 Å². The van der Waals surface area contributed by atoms with Gasteiger partial charge in [0.1, 0.15) is 11.6 Å². The number of pyridine rings is 1. The van der Waals surface area contributed by atoms with E-state index >= 15 is 0 Å². The summed E-state index contributed by atoms with van der Waals surface area (Å²) in [6.45, 7) is 4.00. The van der Waals surface area contributed by atoms with Gasteiger partial charge >= 0.3 is 0 Å². The van der Waals surface area contributed by atoms with Crippen LogP contribution >= 0.6 is 0 Å². The summed E-state index contributed by atoms with van der Waals surface area (Å²) in [7, 11) is 0. The molecular weight excluding hydrogens is 319 g/mol. The number of halogens is 1. The van der Waals surface area contributed by atoms with Crippen LogP contribution in [0.3, 0.4) is 0 Å². The summed E-state index contributed by atoms with van der Waals surface area (Å²) in [5.41, 5.74) is 0.624. The first-order chi connectivity index (χ1) is 12.2. The highest BCUT2D eigenvalue weighted by molar-refractivity contribution is 5.76. The molecule has 6 heteroatoms. The Morgan fingerprint density at radius 1 is 1.08 bits per heavy atom. The summed E-state index contributed by atoms with van der Waals surface area (Å²) in [4.78, 5) is 20.7. The number of carbonyl (C=O) groups is 1. The molecule has 1 N–H and O–H groups in total. The lowest BCUT2D eigenvalue weighted by Gasteiger charge is -2.35. The number of amides is 1. The van der Waals surface area contributed by atoms with Gasteiger partial charge in [0.15, 0.2) is 0 Å². The van der Waals surface area contributed by atoms with Gasteiger partial charge in [0.05, 0.1) is 0 Å². The Kier molecular flexibility index (Phi) is 5.95. The van der Waals surface area contributed by atoms with E-state index < -0.39 is 0 Å². The van der Waals surface area contributed by atoms with E-state index in [4.69, 9.17) is 0 Å². The van der Waals surface area contributed by atoms with E-state index in [1.54, 1.807) is 18.3 Å². The fourth-order valence-electron chi connectivity index (χ4n) is 2.94. The van der Waals surface area contributed by atoms with E-state index in [0.29, 0.717) is 38.2 Å². The van der Waals surface area contributed by atoms with E-state index in [1.165, 1.54) is 6.07 Å². The van der Waals surface area contributed by atoms with Crippen molar-refractivity contribution in [3.8, 4) is 0 Å². The molecule has 0 atom stereocenters. The predicted molar refractivity (Wildman–Crippen MR) is 95.8 cm³/mol. The van der Waals surface area contributed by atoms with E-state index in [0.717, 1.165) is 18.9 Å². The van der Waals surface area contributed by atoms with Crippen molar-refractivity contribution >= 4 is 11.7 Å². The quantitative estimate of drug-likeness (QED) is 0.817. The molecule has 1 aliphatic heterocycles. The molecule has 0 spiro atoms. The van der Waals surface area contributed by atoms with Crippen molar-refractivity contribution < 1.29 is 9.18 Å². The topological polar surface area (TPSA) is 48.5 Å². The Morgan fingerprint density at radius 2 is 1.84 bits per heavy atom. The van der Waals surface area contributed by atoms with E-state index in [2.05, 4.69) is 15.2 Å². The Labute approximate surface area is 147 Å². The van der Waals surface area contributed by atoms with Gasteiger partial charge in [-0.05, 0) is 18.2 Å². The van der Waals surface area contributed by atoms with Gasteiger partial charge in [0.2, 0.25) is 5.91 Å². The summed E-state index contributed by atoms with van der Waals surface area (Å²) in [6, 6.07) is 12.5.